The lowest BCUT2D eigenvalue weighted by molar-refractivity contribution is -0.139. The minimum Gasteiger partial charge on any atom is -0.446 e. The molecule has 0 bridgehead atoms. The third-order valence-electron chi connectivity index (χ3n) is 9.01. The quantitative estimate of drug-likeness (QED) is 0.249. The van der Waals surface area contributed by atoms with Crippen LogP contribution in [0.15, 0.2) is 49.6 Å². The SMILES string of the molecule is C=CCCCCCNC(=O)C1CC(OC(=O)N2Cc3ccccc3C2)CC1C(=O)N(C(=O)NS(=O)(=O)C1CC1)C1CC1C=C. The molecule has 4 aliphatic rings. The topological polar surface area (TPSA) is 142 Å². The Morgan fingerprint density at radius 1 is 0.977 bits per heavy atom. The predicted molar refractivity (Wildman–Crippen MR) is 163 cm³/mol. The number of carbonyl (C=O) groups is 4. The lowest BCUT2D eigenvalue weighted by atomic mass is 9.93. The number of fused-ring (bicyclic) bond motifs is 1. The molecule has 5 rings (SSSR count). The summed E-state index contributed by atoms with van der Waals surface area (Å²) in [6.45, 7) is 8.73. The summed E-state index contributed by atoms with van der Waals surface area (Å²) >= 11 is 0. The van der Waals surface area contributed by atoms with Gasteiger partial charge in [-0.1, -0.05) is 42.8 Å². The Hall–Kier alpha value is -3.67. The molecule has 238 valence electrons. The molecule has 12 heteroatoms. The third kappa shape index (κ3) is 7.34. The summed E-state index contributed by atoms with van der Waals surface area (Å²) in [4.78, 5) is 56.6. The summed E-state index contributed by atoms with van der Waals surface area (Å²) in [5.74, 6) is -2.96. The van der Waals surface area contributed by atoms with Gasteiger partial charge in [0, 0.05) is 25.7 Å². The maximum absolute atomic E-state index is 14.1. The Bertz CT molecular complexity index is 1380. The molecule has 1 aromatic rings. The zero-order valence-electron chi connectivity index (χ0n) is 25.0. The fourth-order valence-corrected chi connectivity index (χ4v) is 7.50. The van der Waals surface area contributed by atoms with Gasteiger partial charge in [0.15, 0.2) is 0 Å². The maximum atomic E-state index is 14.1. The summed E-state index contributed by atoms with van der Waals surface area (Å²) in [6, 6.07) is 6.20. The van der Waals surface area contributed by atoms with Gasteiger partial charge in [-0.05, 0) is 68.4 Å². The van der Waals surface area contributed by atoms with Gasteiger partial charge in [0.05, 0.1) is 17.1 Å². The van der Waals surface area contributed by atoms with E-state index in [1.54, 1.807) is 11.0 Å². The predicted octanol–water partition coefficient (Wildman–Crippen LogP) is 4.00. The molecule has 1 aromatic carbocycles. The number of imide groups is 1. The van der Waals surface area contributed by atoms with Gasteiger partial charge in [-0.15, -0.1) is 13.2 Å². The number of nitrogens with one attached hydrogen (secondary N) is 2. The van der Waals surface area contributed by atoms with E-state index in [9.17, 15) is 27.6 Å². The third-order valence-corrected chi connectivity index (χ3v) is 10.8. The van der Waals surface area contributed by atoms with Gasteiger partial charge in [-0.2, -0.15) is 0 Å². The average molecular weight is 627 g/mol. The number of unbranched alkanes of at least 4 members (excludes halogenated alkanes) is 3. The minimum absolute atomic E-state index is 0.0490. The second kappa shape index (κ2) is 13.5. The van der Waals surface area contributed by atoms with Gasteiger partial charge in [0.2, 0.25) is 21.8 Å². The first-order chi connectivity index (χ1) is 21.1. The molecule has 5 atom stereocenters. The molecule has 2 N–H and O–H groups in total. The number of ether oxygens (including phenoxy) is 1. The first-order valence-corrected chi connectivity index (χ1v) is 17.1. The van der Waals surface area contributed by atoms with Crippen molar-refractivity contribution in [3.05, 3.63) is 60.7 Å². The number of amides is 5. The molecule has 0 radical (unpaired) electrons. The maximum Gasteiger partial charge on any atom is 0.410 e. The van der Waals surface area contributed by atoms with Crippen LogP contribution < -0.4 is 10.0 Å². The number of carbonyl (C=O) groups excluding carboxylic acids is 4. The highest BCUT2D eigenvalue weighted by molar-refractivity contribution is 7.90. The highest BCUT2D eigenvalue weighted by atomic mass is 32.2. The lowest BCUT2D eigenvalue weighted by Crippen LogP contribution is -2.51. The number of rotatable bonds is 13. The fourth-order valence-electron chi connectivity index (χ4n) is 6.24. The van der Waals surface area contributed by atoms with E-state index in [1.807, 2.05) is 30.3 Å². The largest absolute Gasteiger partial charge is 0.446 e. The number of benzene rings is 1. The van der Waals surface area contributed by atoms with Gasteiger partial charge < -0.3 is 10.1 Å². The summed E-state index contributed by atoms with van der Waals surface area (Å²) in [7, 11) is -3.91. The standard InChI is InChI=1S/C32H42N4O7S/c1-3-5-6-7-10-15-33-29(37)26-17-24(43-32(40)35-19-22-11-8-9-12-23(22)20-35)18-27(26)30(38)36(28-16-21(28)4-2)31(39)34-44(41,42)25-13-14-25/h3-4,8-9,11-12,21,24-28H,1-2,5-7,10,13-20H2,(H,33,37)(H,34,39). The van der Waals surface area contributed by atoms with E-state index >= 15 is 0 Å². The first kappa shape index (κ1) is 31.7. The molecule has 0 saturated heterocycles. The Balaban J connectivity index is 1.29. The fraction of sp³-hybridized carbons (Fsp3) is 0.562. The molecule has 1 aliphatic heterocycles. The van der Waals surface area contributed by atoms with E-state index in [2.05, 4.69) is 23.2 Å². The van der Waals surface area contributed by atoms with Crippen molar-refractivity contribution >= 4 is 34.0 Å². The van der Waals surface area contributed by atoms with E-state index < -0.39 is 57.3 Å². The summed E-state index contributed by atoms with van der Waals surface area (Å²) in [6.07, 6.45) is 7.32. The molecule has 0 spiro atoms. The van der Waals surface area contributed by atoms with Crippen LogP contribution in [0.5, 0.6) is 0 Å². The van der Waals surface area contributed by atoms with E-state index in [0.717, 1.165) is 41.7 Å². The minimum atomic E-state index is -3.91. The number of urea groups is 1. The Morgan fingerprint density at radius 2 is 1.66 bits per heavy atom. The molecule has 3 saturated carbocycles. The molecule has 3 fully saturated rings. The van der Waals surface area contributed by atoms with Crippen LogP contribution in [0.25, 0.3) is 0 Å². The van der Waals surface area contributed by atoms with Crippen molar-refractivity contribution in [1.82, 2.24) is 19.8 Å². The summed E-state index contributed by atoms with van der Waals surface area (Å²) < 4.78 is 33.1. The molecular weight excluding hydrogens is 584 g/mol. The summed E-state index contributed by atoms with van der Waals surface area (Å²) in [5.41, 5.74) is 2.08. The number of hydrogen-bond acceptors (Lipinski definition) is 7. The van der Waals surface area contributed by atoms with Crippen molar-refractivity contribution in [2.24, 2.45) is 17.8 Å². The lowest BCUT2D eigenvalue weighted by Gasteiger charge is -2.27. The van der Waals surface area contributed by atoms with Gasteiger partial charge >= 0.3 is 12.1 Å². The Morgan fingerprint density at radius 3 is 2.27 bits per heavy atom. The smallest absolute Gasteiger partial charge is 0.410 e. The van der Waals surface area contributed by atoms with Crippen LogP contribution in [-0.2, 0) is 37.4 Å². The second-order valence-electron chi connectivity index (χ2n) is 12.3. The van der Waals surface area contributed by atoms with Crippen LogP contribution in [0.4, 0.5) is 9.59 Å². The number of nitrogens with zero attached hydrogens (tertiary/aromatic N) is 2. The monoisotopic (exact) mass is 626 g/mol. The highest BCUT2D eigenvalue weighted by Gasteiger charge is 2.53. The Kier molecular flexibility index (Phi) is 9.77. The van der Waals surface area contributed by atoms with Crippen molar-refractivity contribution in [2.45, 2.75) is 88.3 Å². The van der Waals surface area contributed by atoms with Crippen molar-refractivity contribution in [3.8, 4) is 0 Å². The van der Waals surface area contributed by atoms with Crippen molar-refractivity contribution < 1.29 is 32.3 Å². The zero-order valence-corrected chi connectivity index (χ0v) is 25.8. The molecule has 0 aromatic heterocycles. The number of allylic oxidation sites excluding steroid dienone is 1. The van der Waals surface area contributed by atoms with Crippen LogP contribution in [0.2, 0.25) is 0 Å². The van der Waals surface area contributed by atoms with Crippen LogP contribution in [0.3, 0.4) is 0 Å². The van der Waals surface area contributed by atoms with E-state index in [-0.39, 0.29) is 24.7 Å². The molecule has 5 unspecified atom stereocenters. The Labute approximate surface area is 259 Å². The van der Waals surface area contributed by atoms with Gasteiger partial charge in [-0.3, -0.25) is 19.4 Å². The summed E-state index contributed by atoms with van der Waals surface area (Å²) in [5, 5.41) is 2.28. The second-order valence-corrected chi connectivity index (χ2v) is 14.3. The van der Waals surface area contributed by atoms with E-state index in [4.69, 9.17) is 4.74 Å². The molecule has 44 heavy (non-hydrogen) atoms. The molecule has 11 nitrogen and oxygen atoms in total. The molecular formula is C32H42N4O7S. The van der Waals surface area contributed by atoms with E-state index in [0.29, 0.717) is 38.9 Å². The van der Waals surface area contributed by atoms with Crippen LogP contribution in [0, 0.1) is 17.8 Å². The van der Waals surface area contributed by atoms with Crippen LogP contribution in [-0.4, -0.2) is 66.1 Å². The highest BCUT2D eigenvalue weighted by Crippen LogP contribution is 2.42. The molecule has 5 amide bonds. The van der Waals surface area contributed by atoms with E-state index in [1.165, 1.54) is 0 Å². The zero-order chi connectivity index (χ0) is 31.4. The average Bonchev–Trinajstić information content (AvgIpc) is 3.91. The van der Waals surface area contributed by atoms with Crippen molar-refractivity contribution in [1.29, 1.82) is 0 Å². The normalized spacial score (nSPS) is 25.5. The number of hydrogen-bond donors (Lipinski definition) is 2. The molecule has 3 aliphatic carbocycles. The first-order valence-electron chi connectivity index (χ1n) is 15.5. The van der Waals surface area contributed by atoms with Crippen molar-refractivity contribution in [2.75, 3.05) is 6.54 Å². The number of sulfonamides is 1. The van der Waals surface area contributed by atoms with Crippen LogP contribution >= 0.6 is 0 Å². The van der Waals surface area contributed by atoms with Gasteiger partial charge in [-0.25, -0.2) is 22.7 Å². The van der Waals surface area contributed by atoms with Crippen LogP contribution in [0.1, 0.15) is 68.9 Å². The molecule has 1 heterocycles. The van der Waals surface area contributed by atoms with Gasteiger partial charge in [0.25, 0.3) is 0 Å². The van der Waals surface area contributed by atoms with Crippen molar-refractivity contribution in [3.63, 3.8) is 0 Å². The van der Waals surface area contributed by atoms with Gasteiger partial charge in [0.1, 0.15) is 6.10 Å².